The fraction of sp³-hybridized carbons (Fsp3) is 0.222. The van der Waals surface area contributed by atoms with E-state index in [1.807, 2.05) is 6.92 Å². The van der Waals surface area contributed by atoms with Crippen LogP contribution in [-0.4, -0.2) is 25.1 Å². The van der Waals surface area contributed by atoms with Crippen LogP contribution in [0, 0.1) is 0 Å². The van der Waals surface area contributed by atoms with Gasteiger partial charge in [-0.15, -0.1) is 0 Å². The van der Waals surface area contributed by atoms with Crippen LogP contribution in [0.2, 0.25) is 5.02 Å². The van der Waals surface area contributed by atoms with Crippen molar-refractivity contribution in [1.29, 1.82) is 0 Å². The maximum atomic E-state index is 11.9. The molecule has 0 atom stereocenters. The van der Waals surface area contributed by atoms with Gasteiger partial charge < -0.3 is 14.8 Å². The lowest BCUT2D eigenvalue weighted by Crippen LogP contribution is -2.20. The van der Waals surface area contributed by atoms with Crippen molar-refractivity contribution in [2.24, 2.45) is 0 Å². The average molecular weight is 348 g/mol. The summed E-state index contributed by atoms with van der Waals surface area (Å²) in [6.07, 6.45) is 0.754. The van der Waals surface area contributed by atoms with E-state index in [-0.39, 0.29) is 12.5 Å². The number of hydrogen-bond acceptors (Lipinski definition) is 4. The lowest BCUT2D eigenvalue weighted by atomic mass is 10.2. The molecule has 24 heavy (non-hydrogen) atoms. The number of rotatable bonds is 7. The third kappa shape index (κ3) is 5.59. The van der Waals surface area contributed by atoms with Gasteiger partial charge in [-0.2, -0.15) is 0 Å². The molecule has 2 rings (SSSR count). The van der Waals surface area contributed by atoms with Gasteiger partial charge in [0.1, 0.15) is 5.75 Å². The van der Waals surface area contributed by atoms with Gasteiger partial charge >= 0.3 is 5.97 Å². The molecule has 0 fully saturated rings. The van der Waals surface area contributed by atoms with E-state index in [1.54, 1.807) is 48.5 Å². The second-order valence-corrected chi connectivity index (χ2v) is 5.44. The van der Waals surface area contributed by atoms with Crippen LogP contribution in [0.4, 0.5) is 5.69 Å². The van der Waals surface area contributed by atoms with E-state index in [0.717, 1.165) is 6.42 Å². The van der Waals surface area contributed by atoms with E-state index in [4.69, 9.17) is 21.1 Å². The molecule has 0 heterocycles. The second kappa shape index (κ2) is 8.93. The van der Waals surface area contributed by atoms with Gasteiger partial charge in [0.2, 0.25) is 0 Å². The van der Waals surface area contributed by atoms with E-state index in [1.165, 1.54) is 0 Å². The molecular weight excluding hydrogens is 330 g/mol. The van der Waals surface area contributed by atoms with Crippen molar-refractivity contribution < 1.29 is 19.1 Å². The minimum atomic E-state index is -0.412. The first-order chi connectivity index (χ1) is 11.6. The van der Waals surface area contributed by atoms with Gasteiger partial charge in [-0.3, -0.25) is 4.79 Å². The normalized spacial score (nSPS) is 10.1. The van der Waals surface area contributed by atoms with Crippen molar-refractivity contribution in [3.8, 4) is 5.75 Å². The molecule has 0 aliphatic heterocycles. The highest BCUT2D eigenvalue weighted by Crippen LogP contribution is 2.16. The molecule has 0 aliphatic carbocycles. The molecule has 6 heteroatoms. The number of amides is 1. The third-order valence-electron chi connectivity index (χ3n) is 3.00. The zero-order chi connectivity index (χ0) is 17.4. The number of anilines is 1. The Labute approximate surface area is 145 Å². The lowest BCUT2D eigenvalue weighted by Gasteiger charge is -2.09. The van der Waals surface area contributed by atoms with Crippen LogP contribution in [0.5, 0.6) is 5.75 Å². The molecule has 0 spiro atoms. The zero-order valence-electron chi connectivity index (χ0n) is 13.3. The zero-order valence-corrected chi connectivity index (χ0v) is 14.0. The van der Waals surface area contributed by atoms with Crippen LogP contribution in [0.3, 0.4) is 0 Å². The molecule has 126 valence electrons. The fourth-order valence-corrected chi connectivity index (χ4v) is 2.00. The number of esters is 1. The summed E-state index contributed by atoms with van der Waals surface area (Å²) in [4.78, 5) is 23.7. The monoisotopic (exact) mass is 347 g/mol. The van der Waals surface area contributed by atoms with E-state index < -0.39 is 5.97 Å². The van der Waals surface area contributed by atoms with E-state index >= 15 is 0 Å². The predicted molar refractivity (Wildman–Crippen MR) is 92.6 cm³/mol. The van der Waals surface area contributed by atoms with Gasteiger partial charge in [-0.1, -0.05) is 24.6 Å². The average Bonchev–Trinajstić information content (AvgIpc) is 2.59. The van der Waals surface area contributed by atoms with Crippen molar-refractivity contribution >= 4 is 29.2 Å². The van der Waals surface area contributed by atoms with Crippen molar-refractivity contribution in [3.05, 3.63) is 59.1 Å². The Morgan fingerprint density at radius 1 is 1.12 bits per heavy atom. The molecule has 5 nitrogen and oxygen atoms in total. The van der Waals surface area contributed by atoms with Crippen LogP contribution in [0.25, 0.3) is 0 Å². The summed E-state index contributed by atoms with van der Waals surface area (Å²) >= 11 is 5.78. The molecule has 0 saturated heterocycles. The van der Waals surface area contributed by atoms with Gasteiger partial charge in [0.05, 0.1) is 12.2 Å². The molecular formula is C18H18ClNO4. The Kier molecular flexibility index (Phi) is 6.63. The van der Waals surface area contributed by atoms with Gasteiger partial charge in [0.25, 0.3) is 5.91 Å². The first-order valence-electron chi connectivity index (χ1n) is 7.54. The van der Waals surface area contributed by atoms with Gasteiger partial charge in [-0.25, -0.2) is 4.79 Å². The Morgan fingerprint density at radius 3 is 2.58 bits per heavy atom. The first kappa shape index (κ1) is 17.8. The minimum absolute atomic E-state index is 0.147. The summed E-state index contributed by atoms with van der Waals surface area (Å²) in [5, 5.41) is 3.27. The summed E-state index contributed by atoms with van der Waals surface area (Å²) in [6.45, 7) is 2.14. The van der Waals surface area contributed by atoms with Crippen LogP contribution in [0.1, 0.15) is 23.7 Å². The van der Waals surface area contributed by atoms with Crippen molar-refractivity contribution in [2.45, 2.75) is 13.3 Å². The van der Waals surface area contributed by atoms with Crippen molar-refractivity contribution in [3.63, 3.8) is 0 Å². The van der Waals surface area contributed by atoms with Crippen LogP contribution < -0.4 is 10.1 Å². The van der Waals surface area contributed by atoms with E-state index in [2.05, 4.69) is 5.32 Å². The fourth-order valence-electron chi connectivity index (χ4n) is 1.88. The molecule has 0 saturated carbocycles. The number of benzene rings is 2. The standard InChI is InChI=1S/C18H18ClNO4/c1-2-10-23-18(22)13-4-3-5-15(11-13)20-17(21)12-24-16-8-6-14(19)7-9-16/h3-9,11H,2,10,12H2,1H3,(H,20,21). The SMILES string of the molecule is CCCOC(=O)c1cccc(NC(=O)COc2ccc(Cl)cc2)c1. The first-order valence-corrected chi connectivity index (χ1v) is 7.91. The summed E-state index contributed by atoms with van der Waals surface area (Å²) < 4.78 is 10.4. The Hall–Kier alpha value is -2.53. The lowest BCUT2D eigenvalue weighted by molar-refractivity contribution is -0.118. The number of carbonyl (C=O) groups excluding carboxylic acids is 2. The van der Waals surface area contributed by atoms with E-state index in [0.29, 0.717) is 28.6 Å². The maximum Gasteiger partial charge on any atom is 0.338 e. The largest absolute Gasteiger partial charge is 0.484 e. The maximum absolute atomic E-state index is 11.9. The van der Waals surface area contributed by atoms with Crippen molar-refractivity contribution in [2.75, 3.05) is 18.5 Å². The van der Waals surface area contributed by atoms with Crippen molar-refractivity contribution in [1.82, 2.24) is 0 Å². The molecule has 1 N–H and O–H groups in total. The smallest absolute Gasteiger partial charge is 0.338 e. The number of ether oxygens (including phenoxy) is 2. The van der Waals surface area contributed by atoms with Gasteiger partial charge in [-0.05, 0) is 48.9 Å². The highest BCUT2D eigenvalue weighted by molar-refractivity contribution is 6.30. The Morgan fingerprint density at radius 2 is 1.88 bits per heavy atom. The molecule has 2 aromatic rings. The van der Waals surface area contributed by atoms with Gasteiger partial charge in [0.15, 0.2) is 6.61 Å². The summed E-state index contributed by atoms with van der Waals surface area (Å²) in [5.74, 6) is -0.194. The minimum Gasteiger partial charge on any atom is -0.484 e. The number of carbonyl (C=O) groups is 2. The highest BCUT2D eigenvalue weighted by atomic mass is 35.5. The van der Waals surface area contributed by atoms with E-state index in [9.17, 15) is 9.59 Å². The molecule has 0 unspecified atom stereocenters. The number of nitrogens with one attached hydrogen (secondary N) is 1. The van der Waals surface area contributed by atoms with Crippen LogP contribution in [0.15, 0.2) is 48.5 Å². The number of halogens is 1. The second-order valence-electron chi connectivity index (χ2n) is 5.01. The Balaban J connectivity index is 1.89. The summed E-state index contributed by atoms with van der Waals surface area (Å²) in [6, 6.07) is 13.3. The quantitative estimate of drug-likeness (QED) is 0.771. The molecule has 0 aromatic heterocycles. The predicted octanol–water partition coefficient (Wildman–Crippen LogP) is 3.92. The summed E-state index contributed by atoms with van der Waals surface area (Å²) in [5.41, 5.74) is 0.894. The topological polar surface area (TPSA) is 64.6 Å². The van der Waals surface area contributed by atoms with Gasteiger partial charge in [0, 0.05) is 10.7 Å². The molecule has 0 radical (unpaired) electrons. The molecule has 2 aromatic carbocycles. The van der Waals surface area contributed by atoms with Crippen LogP contribution in [-0.2, 0) is 9.53 Å². The highest BCUT2D eigenvalue weighted by Gasteiger charge is 2.09. The molecule has 1 amide bonds. The summed E-state index contributed by atoms with van der Waals surface area (Å²) in [7, 11) is 0. The molecule has 0 bridgehead atoms. The molecule has 0 aliphatic rings. The number of hydrogen-bond donors (Lipinski definition) is 1. The Bertz CT molecular complexity index is 700. The third-order valence-corrected chi connectivity index (χ3v) is 3.25. The van der Waals surface area contributed by atoms with Crippen LogP contribution >= 0.6 is 11.6 Å².